The Morgan fingerprint density at radius 2 is 2.00 bits per heavy atom. The fourth-order valence-corrected chi connectivity index (χ4v) is 1.95. The van der Waals surface area contributed by atoms with E-state index in [0.717, 1.165) is 24.6 Å². The summed E-state index contributed by atoms with van der Waals surface area (Å²) in [7, 11) is 2.70. The maximum atomic E-state index is 4.40. The minimum Gasteiger partial charge on any atom is -0.277 e. The zero-order chi connectivity index (χ0) is 8.72. The third kappa shape index (κ3) is 1.23. The summed E-state index contributed by atoms with van der Waals surface area (Å²) in [5, 5.41) is 0. The molecule has 1 aliphatic rings. The molecule has 64 valence electrons. The van der Waals surface area contributed by atoms with E-state index in [-0.39, 0.29) is 0 Å². The molecule has 1 aliphatic heterocycles. The third-order valence-corrected chi connectivity index (χ3v) is 2.49. The smallest absolute Gasteiger partial charge is 0.125 e. The molecule has 0 aromatic carbocycles. The Bertz CT molecular complexity index is 324. The van der Waals surface area contributed by atoms with Gasteiger partial charge < -0.3 is 0 Å². The van der Waals surface area contributed by atoms with Crippen molar-refractivity contribution in [3.63, 3.8) is 0 Å². The first-order valence-corrected chi connectivity index (χ1v) is 4.51. The van der Waals surface area contributed by atoms with E-state index in [4.69, 9.17) is 0 Å². The van der Waals surface area contributed by atoms with Crippen molar-refractivity contribution < 1.29 is 0 Å². The van der Waals surface area contributed by atoms with Crippen molar-refractivity contribution in [2.45, 2.75) is 26.9 Å². The summed E-state index contributed by atoms with van der Waals surface area (Å²) in [6.07, 6.45) is 0. The zero-order valence-electron chi connectivity index (χ0n) is 7.33. The molecule has 3 nitrogen and oxygen atoms in total. The molecule has 0 aliphatic carbocycles. The van der Waals surface area contributed by atoms with Crippen LogP contribution in [0.4, 0.5) is 0 Å². The lowest BCUT2D eigenvalue weighted by Gasteiger charge is -2.02. The largest absolute Gasteiger partial charge is 0.277 e. The predicted octanol–water partition coefficient (Wildman–Crippen LogP) is 1.20. The van der Waals surface area contributed by atoms with Gasteiger partial charge in [-0.3, -0.25) is 4.67 Å². The Morgan fingerprint density at radius 1 is 1.25 bits per heavy atom. The average Bonchev–Trinajstić information content (AvgIpc) is 2.29. The number of fused-ring (bicyclic) bond motifs is 1. The summed E-state index contributed by atoms with van der Waals surface area (Å²) in [6, 6.07) is 0. The number of nitrogens with zero attached hydrogens (tertiary/aromatic N) is 3. The van der Waals surface area contributed by atoms with E-state index in [2.05, 4.69) is 31.0 Å². The molecule has 0 N–H and O–H groups in total. The monoisotopic (exact) mass is 181 g/mol. The van der Waals surface area contributed by atoms with E-state index < -0.39 is 0 Å². The van der Waals surface area contributed by atoms with E-state index in [0.29, 0.717) is 0 Å². The van der Waals surface area contributed by atoms with Crippen LogP contribution in [-0.2, 0) is 13.1 Å². The first-order chi connectivity index (χ1) is 5.66. The molecular weight excluding hydrogens is 169 g/mol. The van der Waals surface area contributed by atoms with Crippen LogP contribution in [0.3, 0.4) is 0 Å². The van der Waals surface area contributed by atoms with Crippen molar-refractivity contribution in [1.82, 2.24) is 14.6 Å². The van der Waals surface area contributed by atoms with Crippen LogP contribution in [0, 0.1) is 13.8 Å². The van der Waals surface area contributed by atoms with Gasteiger partial charge in [0.1, 0.15) is 5.82 Å². The number of aromatic nitrogens is 2. The molecule has 0 amide bonds. The van der Waals surface area contributed by atoms with Crippen molar-refractivity contribution in [1.29, 1.82) is 0 Å². The maximum Gasteiger partial charge on any atom is 0.125 e. The zero-order valence-corrected chi connectivity index (χ0v) is 8.49. The standard InChI is InChI=1S/C8H12N3P/c1-5-7-3-11(12)4-8(7)10-6(2)9-5/h3-4,12H2,1-2H3. The van der Waals surface area contributed by atoms with Gasteiger partial charge >= 0.3 is 0 Å². The van der Waals surface area contributed by atoms with Gasteiger partial charge in [-0.15, -0.1) is 0 Å². The molecule has 0 saturated carbocycles. The molecule has 0 bridgehead atoms. The summed E-state index contributed by atoms with van der Waals surface area (Å²) in [6.45, 7) is 5.90. The van der Waals surface area contributed by atoms with Gasteiger partial charge in [0.15, 0.2) is 0 Å². The highest BCUT2D eigenvalue weighted by atomic mass is 31.0. The molecule has 0 spiro atoms. The van der Waals surface area contributed by atoms with E-state index in [1.165, 1.54) is 11.3 Å². The van der Waals surface area contributed by atoms with Crippen molar-refractivity contribution >= 4 is 9.39 Å². The van der Waals surface area contributed by atoms with E-state index in [1.54, 1.807) is 0 Å². The van der Waals surface area contributed by atoms with Crippen LogP contribution < -0.4 is 0 Å². The molecule has 0 fully saturated rings. The molecule has 4 heteroatoms. The van der Waals surface area contributed by atoms with Crippen molar-refractivity contribution in [2.24, 2.45) is 0 Å². The van der Waals surface area contributed by atoms with Crippen LogP contribution in [-0.4, -0.2) is 14.6 Å². The lowest BCUT2D eigenvalue weighted by Crippen LogP contribution is -1.98. The quantitative estimate of drug-likeness (QED) is 0.563. The molecule has 2 rings (SSSR count). The number of hydrogen-bond acceptors (Lipinski definition) is 3. The third-order valence-electron chi connectivity index (χ3n) is 2.13. The van der Waals surface area contributed by atoms with Gasteiger partial charge in [0.05, 0.1) is 5.69 Å². The summed E-state index contributed by atoms with van der Waals surface area (Å²) < 4.78 is 2.17. The number of hydrogen-bond donors (Lipinski definition) is 0. The van der Waals surface area contributed by atoms with Gasteiger partial charge in [0, 0.05) is 24.3 Å². The summed E-state index contributed by atoms with van der Waals surface area (Å²) >= 11 is 0. The second kappa shape index (κ2) is 2.75. The van der Waals surface area contributed by atoms with Crippen LogP contribution >= 0.6 is 9.39 Å². The average molecular weight is 181 g/mol. The Morgan fingerprint density at radius 3 is 2.75 bits per heavy atom. The Kier molecular flexibility index (Phi) is 1.85. The van der Waals surface area contributed by atoms with Gasteiger partial charge in [0.2, 0.25) is 0 Å². The lowest BCUT2D eigenvalue weighted by atomic mass is 10.2. The fourth-order valence-electron chi connectivity index (χ4n) is 1.59. The molecule has 1 aromatic heterocycles. The molecule has 2 heterocycles. The van der Waals surface area contributed by atoms with Crippen molar-refractivity contribution in [3.8, 4) is 0 Å². The van der Waals surface area contributed by atoms with Gasteiger partial charge in [-0.25, -0.2) is 9.97 Å². The van der Waals surface area contributed by atoms with Crippen LogP contribution in [0.1, 0.15) is 22.8 Å². The lowest BCUT2D eigenvalue weighted by molar-refractivity contribution is 0.504. The molecule has 1 atom stereocenters. The molecule has 0 radical (unpaired) electrons. The minimum absolute atomic E-state index is 0.881. The molecule has 1 aromatic rings. The van der Waals surface area contributed by atoms with Crippen LogP contribution in [0.2, 0.25) is 0 Å². The highest BCUT2D eigenvalue weighted by molar-refractivity contribution is 7.13. The minimum atomic E-state index is 0.881. The van der Waals surface area contributed by atoms with Crippen LogP contribution in [0.5, 0.6) is 0 Å². The number of aryl methyl sites for hydroxylation is 2. The topological polar surface area (TPSA) is 29.0 Å². The van der Waals surface area contributed by atoms with Gasteiger partial charge in [-0.2, -0.15) is 0 Å². The predicted molar refractivity (Wildman–Crippen MR) is 50.5 cm³/mol. The van der Waals surface area contributed by atoms with E-state index >= 15 is 0 Å². The summed E-state index contributed by atoms with van der Waals surface area (Å²) in [5.74, 6) is 0.881. The van der Waals surface area contributed by atoms with E-state index in [1.807, 2.05) is 6.92 Å². The van der Waals surface area contributed by atoms with Crippen LogP contribution in [0.25, 0.3) is 0 Å². The van der Waals surface area contributed by atoms with Crippen molar-refractivity contribution in [2.75, 3.05) is 0 Å². The number of rotatable bonds is 0. The first-order valence-electron chi connectivity index (χ1n) is 3.99. The van der Waals surface area contributed by atoms with Gasteiger partial charge in [0.25, 0.3) is 0 Å². The second-order valence-corrected chi connectivity index (χ2v) is 3.92. The Labute approximate surface area is 74.5 Å². The van der Waals surface area contributed by atoms with Crippen LogP contribution in [0.15, 0.2) is 0 Å². The van der Waals surface area contributed by atoms with E-state index in [9.17, 15) is 0 Å². The Balaban J connectivity index is 2.52. The Hall–Kier alpha value is -0.530. The first kappa shape index (κ1) is 8.09. The molecule has 12 heavy (non-hydrogen) atoms. The summed E-state index contributed by atoms with van der Waals surface area (Å²) in [4.78, 5) is 8.73. The SMILES string of the molecule is Cc1nc(C)c2c(n1)CN(P)C2. The van der Waals surface area contributed by atoms with Gasteiger partial charge in [-0.05, 0) is 13.8 Å². The normalized spacial score (nSPS) is 16.6. The molecular formula is C8H12N3P. The highest BCUT2D eigenvalue weighted by Gasteiger charge is 2.19. The highest BCUT2D eigenvalue weighted by Crippen LogP contribution is 2.25. The van der Waals surface area contributed by atoms with Gasteiger partial charge in [-0.1, -0.05) is 9.39 Å². The molecule has 0 saturated heterocycles. The fraction of sp³-hybridized carbons (Fsp3) is 0.500. The van der Waals surface area contributed by atoms with Crippen molar-refractivity contribution in [3.05, 3.63) is 22.8 Å². The molecule has 1 unspecified atom stereocenters. The maximum absolute atomic E-state index is 4.40. The summed E-state index contributed by atoms with van der Waals surface area (Å²) in [5.41, 5.74) is 3.62. The second-order valence-electron chi connectivity index (χ2n) is 3.19.